The summed E-state index contributed by atoms with van der Waals surface area (Å²) in [5.41, 5.74) is -2.25. The first kappa shape index (κ1) is 25.0. The van der Waals surface area contributed by atoms with Crippen LogP contribution in [0.4, 0.5) is 30.7 Å². The summed E-state index contributed by atoms with van der Waals surface area (Å²) in [7, 11) is 0. The van der Waals surface area contributed by atoms with Gasteiger partial charge in [-0.3, -0.25) is 4.79 Å². The second kappa shape index (κ2) is 9.72. The van der Waals surface area contributed by atoms with E-state index in [1.165, 1.54) is 0 Å². The lowest BCUT2D eigenvalue weighted by atomic mass is 9.96. The van der Waals surface area contributed by atoms with Gasteiger partial charge in [-0.15, -0.1) is 0 Å². The van der Waals surface area contributed by atoms with Gasteiger partial charge in [0.05, 0.1) is 5.69 Å². The van der Waals surface area contributed by atoms with E-state index in [4.69, 9.17) is 21.4 Å². The molecule has 1 aliphatic carbocycles. The van der Waals surface area contributed by atoms with E-state index in [-0.39, 0.29) is 28.5 Å². The van der Waals surface area contributed by atoms with Crippen LogP contribution in [0.25, 0.3) is 5.57 Å². The summed E-state index contributed by atoms with van der Waals surface area (Å²) >= 11 is 5.53. The molecule has 1 unspecified atom stereocenters. The maximum atomic E-state index is 14.4. The molecule has 0 spiro atoms. The highest BCUT2D eigenvalue weighted by molar-refractivity contribution is 7.06. The van der Waals surface area contributed by atoms with Crippen LogP contribution in [-0.2, 0) is 24.0 Å². The molecule has 1 atom stereocenters. The minimum Gasteiger partial charge on any atom is -0.483 e. The zero-order chi connectivity index (χ0) is 24.5. The SMILES string of the molecule is O=C(O)CCc1cc(F)c(OCc2c(C3=C(F)C=C(Cl)CC3F)nsc2C(F)(F)F)c(F)c1. The molecule has 0 saturated heterocycles. The summed E-state index contributed by atoms with van der Waals surface area (Å²) < 4.78 is 106. The molecule has 4 nitrogen and oxygen atoms in total. The second-order valence-corrected chi connectivity index (χ2v) is 8.19. The Labute approximate surface area is 191 Å². The van der Waals surface area contributed by atoms with E-state index in [1.807, 2.05) is 0 Å². The Kier molecular flexibility index (Phi) is 7.37. The Balaban J connectivity index is 1.97. The molecule has 13 heteroatoms. The largest absolute Gasteiger partial charge is 0.483 e. The third kappa shape index (κ3) is 5.67. The molecule has 1 aliphatic rings. The monoisotopic (exact) mass is 515 g/mol. The fourth-order valence-electron chi connectivity index (χ4n) is 3.13. The van der Waals surface area contributed by atoms with Crippen LogP contribution >= 0.6 is 23.1 Å². The van der Waals surface area contributed by atoms with Crippen molar-refractivity contribution in [3.63, 3.8) is 0 Å². The molecule has 2 aromatic rings. The van der Waals surface area contributed by atoms with Gasteiger partial charge in [0.15, 0.2) is 17.4 Å². The molecule has 3 rings (SSSR count). The first-order valence-corrected chi connectivity index (χ1v) is 10.3. The quantitative estimate of drug-likeness (QED) is 0.423. The number of halogens is 8. The van der Waals surface area contributed by atoms with Gasteiger partial charge in [0, 0.05) is 29.0 Å². The number of ether oxygens (including phenoxy) is 1. The number of aryl methyl sites for hydroxylation is 1. The summed E-state index contributed by atoms with van der Waals surface area (Å²) in [4.78, 5) is 9.26. The summed E-state index contributed by atoms with van der Waals surface area (Å²) in [5, 5.41) is 8.48. The molecule has 1 aromatic heterocycles. The molecule has 0 saturated carbocycles. The lowest BCUT2D eigenvalue weighted by Crippen LogP contribution is -2.14. The number of rotatable bonds is 7. The van der Waals surface area contributed by atoms with Crippen LogP contribution in [0, 0.1) is 11.6 Å². The predicted octanol–water partition coefficient (Wildman–Crippen LogP) is 6.58. The van der Waals surface area contributed by atoms with E-state index in [1.54, 1.807) is 0 Å². The molecule has 1 aromatic carbocycles. The van der Waals surface area contributed by atoms with Crippen LogP contribution < -0.4 is 4.74 Å². The highest BCUT2D eigenvalue weighted by Gasteiger charge is 2.40. The van der Waals surface area contributed by atoms with Crippen molar-refractivity contribution in [2.24, 2.45) is 0 Å². The van der Waals surface area contributed by atoms with Crippen molar-refractivity contribution in [2.45, 2.75) is 38.2 Å². The summed E-state index contributed by atoms with van der Waals surface area (Å²) in [5.74, 6) is -6.01. The first-order valence-electron chi connectivity index (χ1n) is 9.17. The molecule has 1 heterocycles. The number of allylic oxidation sites excluding steroid dienone is 4. The van der Waals surface area contributed by atoms with Crippen molar-refractivity contribution >= 4 is 34.7 Å². The molecule has 0 amide bonds. The minimum atomic E-state index is -4.97. The third-order valence-corrected chi connectivity index (χ3v) is 5.77. The lowest BCUT2D eigenvalue weighted by molar-refractivity contribution is -0.137. The van der Waals surface area contributed by atoms with E-state index in [9.17, 15) is 35.5 Å². The van der Waals surface area contributed by atoms with Gasteiger partial charge in [0.1, 0.15) is 23.5 Å². The summed E-state index contributed by atoms with van der Waals surface area (Å²) in [6.07, 6.45) is -7.39. The topological polar surface area (TPSA) is 59.4 Å². The van der Waals surface area contributed by atoms with Crippen molar-refractivity contribution < 1.29 is 45.4 Å². The van der Waals surface area contributed by atoms with Crippen LogP contribution in [0.1, 0.15) is 34.5 Å². The van der Waals surface area contributed by atoms with Crippen LogP contribution in [0.2, 0.25) is 0 Å². The highest BCUT2D eigenvalue weighted by atomic mass is 35.5. The Morgan fingerprint density at radius 3 is 2.42 bits per heavy atom. The number of aromatic nitrogens is 1. The molecule has 178 valence electrons. The first-order chi connectivity index (χ1) is 15.4. The normalized spacial score (nSPS) is 16.7. The van der Waals surface area contributed by atoms with Crippen LogP contribution in [0.15, 0.2) is 29.1 Å². The Hall–Kier alpha value is -2.60. The average Bonchev–Trinajstić information content (AvgIpc) is 3.09. The molecular formula is C20H13ClF7NO3S. The van der Waals surface area contributed by atoms with E-state index >= 15 is 0 Å². The van der Waals surface area contributed by atoms with Crippen molar-refractivity contribution in [1.82, 2.24) is 4.37 Å². The molecule has 0 radical (unpaired) electrons. The average molecular weight is 516 g/mol. The second-order valence-electron chi connectivity index (χ2n) is 6.93. The number of aliphatic carboxylic acids is 1. The Morgan fingerprint density at radius 1 is 1.24 bits per heavy atom. The van der Waals surface area contributed by atoms with E-state index in [0.29, 0.717) is 0 Å². The van der Waals surface area contributed by atoms with Crippen molar-refractivity contribution in [2.75, 3.05) is 0 Å². The highest BCUT2D eigenvalue weighted by Crippen LogP contribution is 2.43. The van der Waals surface area contributed by atoms with E-state index in [2.05, 4.69) is 4.37 Å². The van der Waals surface area contributed by atoms with Gasteiger partial charge in [0.25, 0.3) is 0 Å². The molecule has 0 bridgehead atoms. The van der Waals surface area contributed by atoms with Gasteiger partial charge in [-0.2, -0.15) is 17.5 Å². The zero-order valence-electron chi connectivity index (χ0n) is 16.3. The van der Waals surface area contributed by atoms with Gasteiger partial charge in [0.2, 0.25) is 0 Å². The van der Waals surface area contributed by atoms with E-state index in [0.717, 1.165) is 18.2 Å². The maximum absolute atomic E-state index is 14.4. The summed E-state index contributed by atoms with van der Waals surface area (Å²) in [6.45, 7) is -1.09. The standard InChI is InChI=1S/C20H13ClF7NO3S/c21-9-5-11(22)16(12(23)6-9)17-10(19(33-29-17)20(26,27)28)7-32-18-13(24)3-8(4-14(18)25)1-2-15(30)31/h3-5,12H,1-2,6-7H2,(H,30,31). The van der Waals surface area contributed by atoms with Gasteiger partial charge in [-0.05, 0) is 41.7 Å². The zero-order valence-corrected chi connectivity index (χ0v) is 17.9. The van der Waals surface area contributed by atoms with Crippen LogP contribution in [-0.4, -0.2) is 21.6 Å². The number of hydrogen-bond donors (Lipinski definition) is 1. The number of hydrogen-bond acceptors (Lipinski definition) is 4. The van der Waals surface area contributed by atoms with Crippen LogP contribution in [0.3, 0.4) is 0 Å². The number of carboxylic acid groups (broad SMARTS) is 1. The van der Waals surface area contributed by atoms with Gasteiger partial charge >= 0.3 is 12.1 Å². The molecule has 0 fully saturated rings. The lowest BCUT2D eigenvalue weighted by Gasteiger charge is -2.18. The molecular weight excluding hydrogens is 503 g/mol. The van der Waals surface area contributed by atoms with Crippen molar-refractivity contribution in [3.05, 3.63) is 62.4 Å². The van der Waals surface area contributed by atoms with Crippen molar-refractivity contribution in [1.29, 1.82) is 0 Å². The minimum absolute atomic E-state index is 0.00742. The molecule has 1 N–H and O–H groups in total. The van der Waals surface area contributed by atoms with Crippen molar-refractivity contribution in [3.8, 4) is 5.75 Å². The smallest absolute Gasteiger partial charge is 0.427 e. The number of alkyl halides is 4. The Bertz CT molecular complexity index is 1120. The van der Waals surface area contributed by atoms with Gasteiger partial charge in [-0.25, -0.2) is 17.6 Å². The number of carboxylic acids is 1. The Morgan fingerprint density at radius 2 is 1.88 bits per heavy atom. The van der Waals surface area contributed by atoms with Gasteiger partial charge in [-0.1, -0.05) is 11.6 Å². The summed E-state index contributed by atoms with van der Waals surface area (Å²) in [6, 6.07) is 1.57. The fourth-order valence-corrected chi connectivity index (χ4v) is 4.12. The number of nitrogens with zero attached hydrogens (tertiary/aromatic N) is 1. The van der Waals surface area contributed by atoms with E-state index < -0.39 is 82.7 Å². The third-order valence-electron chi connectivity index (χ3n) is 4.58. The fraction of sp³-hybridized carbons (Fsp3) is 0.300. The predicted molar refractivity (Wildman–Crippen MR) is 105 cm³/mol. The van der Waals surface area contributed by atoms with Gasteiger partial charge < -0.3 is 9.84 Å². The maximum Gasteiger partial charge on any atom is 0.427 e. The molecule has 33 heavy (non-hydrogen) atoms. The molecule has 0 aliphatic heterocycles. The van der Waals surface area contributed by atoms with Crippen LogP contribution in [0.5, 0.6) is 5.75 Å². The number of benzene rings is 1. The number of carbonyl (C=O) groups is 1.